The Morgan fingerprint density at radius 1 is 1.07 bits per heavy atom. The predicted octanol–water partition coefficient (Wildman–Crippen LogP) is 3.75. The summed E-state index contributed by atoms with van der Waals surface area (Å²) < 4.78 is 25.7. The number of aromatic nitrogens is 4. The highest BCUT2D eigenvalue weighted by Crippen LogP contribution is 2.33. The molecule has 0 spiro atoms. The van der Waals surface area contributed by atoms with Crippen LogP contribution in [0.3, 0.4) is 0 Å². The van der Waals surface area contributed by atoms with Crippen LogP contribution in [0, 0.1) is 13.5 Å². The Kier molecular flexibility index (Phi) is 4.17. The largest absolute Gasteiger partial charge is 0.361 e. The van der Waals surface area contributed by atoms with Gasteiger partial charge in [-0.15, -0.1) is 4.98 Å². The molecule has 0 fully saturated rings. The Morgan fingerprint density at radius 3 is 2.50 bits per heavy atom. The standard InChI is InChI=1S/C20H15N5O2S/c1-13-11-22-20(28(3,26)27)24-18(13)16-12-25(14-7-5-4-6-8-14)19-15(16)9-10-17(21-2)23-19/h4-12H,1,3H3. The second-order valence-corrected chi connectivity index (χ2v) is 8.27. The minimum atomic E-state index is -3.54. The molecule has 0 bridgehead atoms. The maximum Gasteiger partial charge on any atom is 0.271 e. The number of pyridine rings is 1. The van der Waals surface area contributed by atoms with Gasteiger partial charge in [-0.1, -0.05) is 30.8 Å². The minimum Gasteiger partial charge on any atom is -0.361 e. The monoisotopic (exact) mass is 389 g/mol. The molecule has 28 heavy (non-hydrogen) atoms. The van der Waals surface area contributed by atoms with Gasteiger partial charge in [0.1, 0.15) is 0 Å². The zero-order valence-electron chi connectivity index (χ0n) is 15.2. The SMILES string of the molecule is [C-]#[N+]c1ccc2c(-c3nc(S(C)(=O)=O)ncc3C)cn(-c3ccccc3)c2n1. The quantitative estimate of drug-likeness (QED) is 0.394. The molecule has 4 aromatic rings. The lowest BCUT2D eigenvalue weighted by molar-refractivity contribution is 0.593. The molecule has 0 radical (unpaired) electrons. The number of hydrogen-bond acceptors (Lipinski definition) is 5. The molecule has 0 saturated carbocycles. The van der Waals surface area contributed by atoms with E-state index in [0.717, 1.165) is 28.5 Å². The van der Waals surface area contributed by atoms with Crippen LogP contribution < -0.4 is 0 Å². The topological polar surface area (TPSA) is 82.1 Å². The van der Waals surface area contributed by atoms with Crippen LogP contribution in [0.1, 0.15) is 5.56 Å². The first-order chi connectivity index (χ1) is 13.4. The van der Waals surface area contributed by atoms with Gasteiger partial charge < -0.3 is 4.85 Å². The summed E-state index contributed by atoms with van der Waals surface area (Å²) >= 11 is 0. The molecule has 8 heteroatoms. The first-order valence-corrected chi connectivity index (χ1v) is 10.3. The molecular formula is C20H15N5O2S. The van der Waals surface area contributed by atoms with Gasteiger partial charge in [-0.05, 0) is 30.7 Å². The highest BCUT2D eigenvalue weighted by molar-refractivity contribution is 7.90. The minimum absolute atomic E-state index is 0.223. The maximum atomic E-state index is 11.9. The van der Waals surface area contributed by atoms with Crippen LogP contribution in [0.4, 0.5) is 5.82 Å². The van der Waals surface area contributed by atoms with E-state index in [0.29, 0.717) is 11.3 Å². The van der Waals surface area contributed by atoms with Crippen LogP contribution in [0.5, 0.6) is 0 Å². The number of hydrogen-bond donors (Lipinski definition) is 0. The van der Waals surface area contributed by atoms with E-state index in [4.69, 9.17) is 6.57 Å². The van der Waals surface area contributed by atoms with E-state index in [9.17, 15) is 8.42 Å². The molecule has 4 rings (SSSR count). The van der Waals surface area contributed by atoms with E-state index in [-0.39, 0.29) is 11.0 Å². The van der Waals surface area contributed by atoms with E-state index in [1.54, 1.807) is 6.07 Å². The van der Waals surface area contributed by atoms with Crippen molar-refractivity contribution in [3.8, 4) is 16.9 Å². The lowest BCUT2D eigenvalue weighted by Gasteiger charge is -2.05. The number of benzene rings is 1. The number of nitrogens with zero attached hydrogens (tertiary/aromatic N) is 5. The fraction of sp³-hybridized carbons (Fsp3) is 0.100. The summed E-state index contributed by atoms with van der Waals surface area (Å²) in [6.45, 7) is 9.09. The molecular weight excluding hydrogens is 374 g/mol. The maximum absolute atomic E-state index is 11.9. The third-order valence-corrected chi connectivity index (χ3v) is 5.18. The fourth-order valence-electron chi connectivity index (χ4n) is 3.01. The van der Waals surface area contributed by atoms with Crippen molar-refractivity contribution >= 4 is 26.7 Å². The number of sulfone groups is 1. The second kappa shape index (κ2) is 6.55. The molecule has 0 atom stereocenters. The van der Waals surface area contributed by atoms with Gasteiger partial charge in [-0.25, -0.2) is 18.4 Å². The first kappa shape index (κ1) is 17.8. The highest BCUT2D eigenvalue weighted by Gasteiger charge is 2.21. The van der Waals surface area contributed by atoms with Gasteiger partial charge in [0.05, 0.1) is 11.1 Å². The molecule has 3 aromatic heterocycles. The van der Waals surface area contributed by atoms with Crippen molar-refractivity contribution in [3.05, 3.63) is 71.8 Å². The average molecular weight is 389 g/mol. The van der Waals surface area contributed by atoms with Gasteiger partial charge in [-0.3, -0.25) is 4.57 Å². The van der Waals surface area contributed by atoms with Crippen molar-refractivity contribution in [3.63, 3.8) is 0 Å². The van der Waals surface area contributed by atoms with E-state index >= 15 is 0 Å². The normalized spacial score (nSPS) is 11.5. The summed E-state index contributed by atoms with van der Waals surface area (Å²) in [7, 11) is -3.54. The van der Waals surface area contributed by atoms with Crippen molar-refractivity contribution in [2.75, 3.05) is 6.26 Å². The van der Waals surface area contributed by atoms with Gasteiger partial charge in [-0.2, -0.15) is 0 Å². The molecule has 0 aliphatic carbocycles. The van der Waals surface area contributed by atoms with Crippen LogP contribution in [-0.4, -0.2) is 34.2 Å². The van der Waals surface area contributed by atoms with Gasteiger partial charge in [0, 0.05) is 29.9 Å². The number of fused-ring (bicyclic) bond motifs is 1. The van der Waals surface area contributed by atoms with Gasteiger partial charge >= 0.3 is 0 Å². The van der Waals surface area contributed by atoms with E-state index in [2.05, 4.69) is 19.8 Å². The molecule has 0 amide bonds. The van der Waals surface area contributed by atoms with Crippen molar-refractivity contribution in [1.29, 1.82) is 0 Å². The lowest BCUT2D eigenvalue weighted by atomic mass is 10.1. The van der Waals surface area contributed by atoms with Crippen LogP contribution in [0.15, 0.2) is 60.0 Å². The molecule has 0 N–H and O–H groups in total. The Morgan fingerprint density at radius 2 is 1.82 bits per heavy atom. The fourth-order valence-corrected chi connectivity index (χ4v) is 3.51. The molecule has 138 valence electrons. The zero-order valence-corrected chi connectivity index (χ0v) is 16.0. The zero-order chi connectivity index (χ0) is 19.9. The summed E-state index contributed by atoms with van der Waals surface area (Å²) in [5, 5.41) is 0.553. The Bertz CT molecular complexity index is 1350. The van der Waals surface area contributed by atoms with Crippen molar-refractivity contribution in [2.24, 2.45) is 0 Å². The van der Waals surface area contributed by atoms with Crippen LogP contribution in [-0.2, 0) is 9.84 Å². The van der Waals surface area contributed by atoms with Crippen molar-refractivity contribution < 1.29 is 8.42 Å². The smallest absolute Gasteiger partial charge is 0.271 e. The third kappa shape index (κ3) is 3.02. The number of rotatable bonds is 3. The molecule has 0 saturated heterocycles. The van der Waals surface area contributed by atoms with E-state index < -0.39 is 9.84 Å². The van der Waals surface area contributed by atoms with Crippen molar-refractivity contribution in [1.82, 2.24) is 19.5 Å². The van der Waals surface area contributed by atoms with Gasteiger partial charge in [0.2, 0.25) is 20.6 Å². The molecule has 1 aromatic carbocycles. The average Bonchev–Trinajstić information content (AvgIpc) is 3.06. The molecule has 0 unspecified atom stereocenters. The summed E-state index contributed by atoms with van der Waals surface area (Å²) in [6.07, 6.45) is 4.45. The first-order valence-electron chi connectivity index (χ1n) is 8.37. The molecule has 0 aliphatic rings. The molecule has 3 heterocycles. The van der Waals surface area contributed by atoms with Gasteiger partial charge in [0.25, 0.3) is 5.82 Å². The number of para-hydroxylation sites is 1. The lowest BCUT2D eigenvalue weighted by Crippen LogP contribution is -2.05. The molecule has 7 nitrogen and oxygen atoms in total. The highest BCUT2D eigenvalue weighted by atomic mass is 32.2. The predicted molar refractivity (Wildman–Crippen MR) is 106 cm³/mol. The third-order valence-electron chi connectivity index (χ3n) is 4.32. The molecule has 0 aliphatic heterocycles. The summed E-state index contributed by atoms with van der Waals surface area (Å²) in [6, 6.07) is 13.1. The summed E-state index contributed by atoms with van der Waals surface area (Å²) in [5.41, 5.74) is 3.48. The Hall–Kier alpha value is -3.57. The van der Waals surface area contributed by atoms with E-state index in [1.807, 2.05) is 54.1 Å². The summed E-state index contributed by atoms with van der Waals surface area (Å²) in [4.78, 5) is 16.1. The Labute approximate surface area is 162 Å². The van der Waals surface area contributed by atoms with E-state index in [1.165, 1.54) is 6.20 Å². The van der Waals surface area contributed by atoms with Crippen molar-refractivity contribution in [2.45, 2.75) is 12.1 Å². The van der Waals surface area contributed by atoms with Crippen LogP contribution in [0.2, 0.25) is 0 Å². The Balaban J connectivity index is 2.06. The van der Waals surface area contributed by atoms with Crippen LogP contribution >= 0.6 is 0 Å². The summed E-state index contributed by atoms with van der Waals surface area (Å²) in [5.74, 6) is 0.283. The van der Waals surface area contributed by atoms with Gasteiger partial charge in [0.15, 0.2) is 0 Å². The second-order valence-electron chi connectivity index (χ2n) is 6.36. The van der Waals surface area contributed by atoms with Crippen LogP contribution in [0.25, 0.3) is 32.8 Å². The number of aryl methyl sites for hydroxylation is 1.